The fourth-order valence-corrected chi connectivity index (χ4v) is 5.97. The highest BCUT2D eigenvalue weighted by molar-refractivity contribution is 7.92. The number of anilines is 1. The molecular formula is C26H32Cl3N3O5S. The summed E-state index contributed by atoms with van der Waals surface area (Å²) < 4.78 is 31.6. The molecule has 1 aliphatic carbocycles. The first kappa shape index (κ1) is 30.3. The van der Waals surface area contributed by atoms with Crippen LogP contribution in [0.2, 0.25) is 15.1 Å². The van der Waals surface area contributed by atoms with Gasteiger partial charge in [0.2, 0.25) is 21.8 Å². The first-order chi connectivity index (χ1) is 17.9. The maximum Gasteiger partial charge on any atom is 0.244 e. The van der Waals surface area contributed by atoms with Crippen LogP contribution in [0.1, 0.15) is 44.6 Å². The number of hydrogen-bond donors (Lipinski definition) is 1. The van der Waals surface area contributed by atoms with Crippen LogP contribution >= 0.6 is 34.8 Å². The zero-order valence-corrected chi connectivity index (χ0v) is 24.6. The number of carbonyl (C=O) groups is 2. The van der Waals surface area contributed by atoms with E-state index in [1.807, 2.05) is 0 Å². The third-order valence-corrected chi connectivity index (χ3v) is 8.60. The number of ether oxygens (including phenoxy) is 1. The molecule has 2 aromatic rings. The lowest BCUT2D eigenvalue weighted by Gasteiger charge is -2.33. The van der Waals surface area contributed by atoms with Crippen LogP contribution in [0.25, 0.3) is 0 Å². The van der Waals surface area contributed by atoms with Gasteiger partial charge in [0.25, 0.3) is 0 Å². The largest absolute Gasteiger partial charge is 0.495 e. The predicted octanol–water partition coefficient (Wildman–Crippen LogP) is 5.29. The number of nitrogens with one attached hydrogen (secondary N) is 1. The SMILES string of the molecule is COc1ccc(N(CC(=O)N(Cc2ccc(Cl)cc2Cl)[C@@H](C)C(=O)NC2CCCCC2)S(C)(=O)=O)cc1Cl. The van der Waals surface area contributed by atoms with Crippen LogP contribution in [0, 0.1) is 0 Å². The van der Waals surface area contributed by atoms with E-state index in [1.165, 1.54) is 30.2 Å². The fourth-order valence-electron chi connectivity index (χ4n) is 4.41. The Bertz CT molecular complexity index is 1270. The Morgan fingerprint density at radius 3 is 2.32 bits per heavy atom. The Morgan fingerprint density at radius 2 is 1.74 bits per heavy atom. The van der Waals surface area contributed by atoms with E-state index in [0.29, 0.717) is 21.4 Å². The van der Waals surface area contributed by atoms with Gasteiger partial charge in [0, 0.05) is 22.6 Å². The number of nitrogens with zero attached hydrogens (tertiary/aromatic N) is 2. The van der Waals surface area contributed by atoms with Crippen LogP contribution in [0.5, 0.6) is 5.75 Å². The number of amides is 2. The summed E-state index contributed by atoms with van der Waals surface area (Å²) in [7, 11) is -2.45. The third kappa shape index (κ3) is 7.91. The molecule has 8 nitrogen and oxygen atoms in total. The lowest BCUT2D eigenvalue weighted by molar-refractivity contribution is -0.139. The van der Waals surface area contributed by atoms with Crippen molar-refractivity contribution in [1.82, 2.24) is 10.2 Å². The molecule has 3 rings (SSSR count). The van der Waals surface area contributed by atoms with Crippen molar-refractivity contribution in [2.45, 2.75) is 57.7 Å². The van der Waals surface area contributed by atoms with Crippen LogP contribution in [0.3, 0.4) is 0 Å². The summed E-state index contributed by atoms with van der Waals surface area (Å²) in [5.74, 6) is -0.532. The average Bonchev–Trinajstić information content (AvgIpc) is 2.86. The number of carbonyl (C=O) groups excluding carboxylic acids is 2. The summed E-state index contributed by atoms with van der Waals surface area (Å²) in [6.07, 6.45) is 5.98. The molecule has 1 aliphatic rings. The van der Waals surface area contributed by atoms with Crippen molar-refractivity contribution in [3.63, 3.8) is 0 Å². The van der Waals surface area contributed by atoms with Gasteiger partial charge in [-0.25, -0.2) is 8.42 Å². The van der Waals surface area contributed by atoms with Crippen LogP contribution < -0.4 is 14.4 Å². The minimum atomic E-state index is -3.90. The molecule has 12 heteroatoms. The van der Waals surface area contributed by atoms with Crippen molar-refractivity contribution in [1.29, 1.82) is 0 Å². The monoisotopic (exact) mass is 603 g/mol. The molecule has 0 saturated heterocycles. The van der Waals surface area contributed by atoms with Crippen molar-refractivity contribution in [3.05, 3.63) is 57.0 Å². The van der Waals surface area contributed by atoms with Gasteiger partial charge in [-0.05, 0) is 55.7 Å². The maximum atomic E-state index is 13.7. The second-order valence-corrected chi connectivity index (χ2v) is 12.5. The van der Waals surface area contributed by atoms with E-state index in [4.69, 9.17) is 39.5 Å². The molecule has 0 aromatic heterocycles. The molecule has 0 bridgehead atoms. The molecule has 1 N–H and O–H groups in total. The Morgan fingerprint density at radius 1 is 1.05 bits per heavy atom. The molecule has 1 saturated carbocycles. The molecule has 0 unspecified atom stereocenters. The molecule has 2 amide bonds. The van der Waals surface area contributed by atoms with Crippen LogP contribution in [-0.4, -0.2) is 57.1 Å². The van der Waals surface area contributed by atoms with Gasteiger partial charge < -0.3 is 15.0 Å². The zero-order valence-electron chi connectivity index (χ0n) is 21.5. The molecule has 0 radical (unpaired) electrons. The average molecular weight is 605 g/mol. The summed E-state index contributed by atoms with van der Waals surface area (Å²) in [4.78, 5) is 28.3. The smallest absolute Gasteiger partial charge is 0.244 e. The molecule has 208 valence electrons. The highest BCUT2D eigenvalue weighted by Crippen LogP contribution is 2.31. The first-order valence-corrected chi connectivity index (χ1v) is 15.2. The highest BCUT2D eigenvalue weighted by Gasteiger charge is 2.31. The van der Waals surface area contributed by atoms with Gasteiger partial charge in [0.1, 0.15) is 18.3 Å². The van der Waals surface area contributed by atoms with Crippen molar-refractivity contribution in [2.24, 2.45) is 0 Å². The number of rotatable bonds is 10. The molecule has 0 aliphatic heterocycles. The van der Waals surface area contributed by atoms with Crippen LogP contribution in [0.4, 0.5) is 5.69 Å². The van der Waals surface area contributed by atoms with E-state index < -0.39 is 28.5 Å². The topological polar surface area (TPSA) is 96.0 Å². The van der Waals surface area contributed by atoms with Gasteiger partial charge in [0.15, 0.2) is 0 Å². The maximum absolute atomic E-state index is 13.7. The lowest BCUT2D eigenvalue weighted by atomic mass is 9.95. The molecule has 38 heavy (non-hydrogen) atoms. The Labute approximate surface area is 239 Å². The Balaban J connectivity index is 1.91. The number of benzene rings is 2. The van der Waals surface area contributed by atoms with Gasteiger partial charge in [-0.2, -0.15) is 0 Å². The molecule has 2 aromatic carbocycles. The van der Waals surface area contributed by atoms with Crippen LogP contribution in [0.15, 0.2) is 36.4 Å². The van der Waals surface area contributed by atoms with Gasteiger partial charge in [-0.1, -0.05) is 60.1 Å². The van der Waals surface area contributed by atoms with Crippen molar-refractivity contribution in [2.75, 3.05) is 24.2 Å². The molecule has 1 fully saturated rings. The number of halogens is 3. The molecule has 0 spiro atoms. The van der Waals surface area contributed by atoms with Crippen molar-refractivity contribution < 1.29 is 22.7 Å². The van der Waals surface area contributed by atoms with E-state index in [1.54, 1.807) is 25.1 Å². The Hall–Kier alpha value is -2.20. The fraction of sp³-hybridized carbons (Fsp3) is 0.462. The van der Waals surface area contributed by atoms with E-state index in [0.717, 1.165) is 42.7 Å². The van der Waals surface area contributed by atoms with Gasteiger partial charge in [-0.15, -0.1) is 0 Å². The van der Waals surface area contributed by atoms with Crippen molar-refractivity contribution >= 4 is 62.3 Å². The number of methoxy groups -OCH3 is 1. The van der Waals surface area contributed by atoms with Gasteiger partial charge >= 0.3 is 0 Å². The van der Waals surface area contributed by atoms with Gasteiger partial charge in [0.05, 0.1) is 24.1 Å². The van der Waals surface area contributed by atoms with E-state index >= 15 is 0 Å². The lowest BCUT2D eigenvalue weighted by Crippen LogP contribution is -2.53. The third-order valence-electron chi connectivity index (χ3n) is 6.58. The van der Waals surface area contributed by atoms with Gasteiger partial charge in [-0.3, -0.25) is 13.9 Å². The van der Waals surface area contributed by atoms with Crippen molar-refractivity contribution in [3.8, 4) is 5.75 Å². The second kappa shape index (κ2) is 13.2. The summed E-state index contributed by atoms with van der Waals surface area (Å²) in [5, 5.41) is 4.00. The molecule has 0 heterocycles. The second-order valence-electron chi connectivity index (χ2n) is 9.37. The quantitative estimate of drug-likeness (QED) is 0.398. The van der Waals surface area contributed by atoms with E-state index in [2.05, 4.69) is 5.32 Å². The number of sulfonamides is 1. The van der Waals surface area contributed by atoms with E-state index in [-0.39, 0.29) is 29.2 Å². The Kier molecular flexibility index (Phi) is 10.6. The molecule has 1 atom stereocenters. The number of hydrogen-bond acceptors (Lipinski definition) is 5. The predicted molar refractivity (Wildman–Crippen MR) is 152 cm³/mol. The molecular weight excluding hydrogens is 573 g/mol. The standard InChI is InChI=1S/C26H32Cl3N3O5S/c1-17(26(34)30-20-7-5-4-6-8-20)31(15-18-9-10-19(27)13-22(18)28)25(33)16-32(38(3,35)36)21-11-12-24(37-2)23(29)14-21/h9-14,17,20H,4-8,15-16H2,1-3H3,(H,30,34)/t17-/m0/s1. The van der Waals surface area contributed by atoms with E-state index in [9.17, 15) is 18.0 Å². The van der Waals surface area contributed by atoms with Crippen LogP contribution in [-0.2, 0) is 26.2 Å². The first-order valence-electron chi connectivity index (χ1n) is 12.3. The normalized spacial score (nSPS) is 15.0. The summed E-state index contributed by atoms with van der Waals surface area (Å²) in [6.45, 7) is 1.05. The summed E-state index contributed by atoms with van der Waals surface area (Å²) in [5.41, 5.74) is 0.760. The summed E-state index contributed by atoms with van der Waals surface area (Å²) in [6, 6.07) is 8.45. The highest BCUT2D eigenvalue weighted by atomic mass is 35.5. The summed E-state index contributed by atoms with van der Waals surface area (Å²) >= 11 is 18.6. The minimum Gasteiger partial charge on any atom is -0.495 e. The zero-order chi connectivity index (χ0) is 28.0. The minimum absolute atomic E-state index is 0.0188.